The molecule has 1 fully saturated rings. The highest BCUT2D eigenvalue weighted by Gasteiger charge is 2.31. The second-order valence-electron chi connectivity index (χ2n) is 8.84. The Kier molecular flexibility index (Phi) is 7.93. The summed E-state index contributed by atoms with van der Waals surface area (Å²) in [5, 5.41) is 37.8. The van der Waals surface area contributed by atoms with Crippen LogP contribution < -0.4 is 27.3 Å². The summed E-state index contributed by atoms with van der Waals surface area (Å²) in [6.45, 7) is 4.19. The molecule has 1 unspecified atom stereocenters. The molecule has 13 nitrogen and oxygen atoms in total. The predicted octanol–water partition coefficient (Wildman–Crippen LogP) is -0.362. The lowest BCUT2D eigenvalue weighted by molar-refractivity contribution is -0.670. The number of rotatable bonds is 4. The number of non-ortho nitro benzene ring substituents is 1. The van der Waals surface area contributed by atoms with Crippen LogP contribution in [-0.2, 0) is 18.8 Å². The molecule has 4 aromatic rings. The molecule has 1 aliphatic heterocycles. The van der Waals surface area contributed by atoms with Crippen LogP contribution in [0.4, 0.5) is 5.69 Å². The Morgan fingerprint density at radius 3 is 2.31 bits per heavy atom. The van der Waals surface area contributed by atoms with Gasteiger partial charge in [-0.05, 0) is 23.6 Å². The molecule has 0 aliphatic carbocycles. The Labute approximate surface area is 220 Å². The van der Waals surface area contributed by atoms with Gasteiger partial charge in [0.05, 0.1) is 48.1 Å². The quantitative estimate of drug-likeness (QED) is 0.199. The highest BCUT2D eigenvalue weighted by atomic mass is 16.6. The number of nitro groups is 1. The van der Waals surface area contributed by atoms with Gasteiger partial charge >= 0.3 is 11.3 Å². The van der Waals surface area contributed by atoms with E-state index in [4.69, 9.17) is 9.15 Å². The molecule has 0 amide bonds. The van der Waals surface area contributed by atoms with Crippen molar-refractivity contribution in [3.63, 3.8) is 0 Å². The summed E-state index contributed by atoms with van der Waals surface area (Å²) in [6, 6.07) is 11.1. The zero-order valence-electron chi connectivity index (χ0n) is 21.2. The van der Waals surface area contributed by atoms with Gasteiger partial charge in [-0.1, -0.05) is 24.3 Å². The number of para-hydroxylation sites is 1. The van der Waals surface area contributed by atoms with E-state index in [0.29, 0.717) is 9.13 Å². The van der Waals surface area contributed by atoms with Crippen molar-refractivity contribution < 1.29 is 29.6 Å². The number of ether oxygens (including phenoxy) is 1. The van der Waals surface area contributed by atoms with Crippen LogP contribution in [0.3, 0.4) is 0 Å². The van der Waals surface area contributed by atoms with Crippen molar-refractivity contribution in [2.75, 3.05) is 26.3 Å². The smallest absolute Gasteiger partial charge is 0.344 e. The lowest BCUT2D eigenvalue weighted by atomic mass is 9.85. The van der Waals surface area contributed by atoms with E-state index in [1.54, 1.807) is 12.1 Å². The molecule has 2 aromatic heterocycles. The van der Waals surface area contributed by atoms with Gasteiger partial charge in [-0.3, -0.25) is 19.5 Å². The van der Waals surface area contributed by atoms with E-state index in [9.17, 15) is 34.7 Å². The summed E-state index contributed by atoms with van der Waals surface area (Å²) in [6.07, 6.45) is 0. The van der Waals surface area contributed by atoms with Gasteiger partial charge in [0.25, 0.3) is 11.2 Å². The minimum absolute atomic E-state index is 0.00919. The van der Waals surface area contributed by atoms with Crippen molar-refractivity contribution in [1.29, 1.82) is 0 Å². The normalized spacial score (nSPS) is 13.9. The van der Waals surface area contributed by atoms with Crippen LogP contribution in [0.1, 0.15) is 22.6 Å². The number of aromatic hydroxyl groups is 1. The van der Waals surface area contributed by atoms with E-state index in [1.807, 2.05) is 0 Å². The van der Waals surface area contributed by atoms with E-state index in [-0.39, 0.29) is 22.2 Å². The van der Waals surface area contributed by atoms with E-state index >= 15 is 0 Å². The van der Waals surface area contributed by atoms with Crippen LogP contribution in [0, 0.1) is 10.1 Å². The molecular formula is C26H26N4O9. The number of morpholine rings is 1. The van der Waals surface area contributed by atoms with Gasteiger partial charge in [-0.25, -0.2) is 9.59 Å². The fourth-order valence-corrected chi connectivity index (χ4v) is 4.38. The Hall–Kier alpha value is -4.75. The number of quaternary nitrogens is 1. The van der Waals surface area contributed by atoms with Gasteiger partial charge in [0.2, 0.25) is 0 Å². The van der Waals surface area contributed by atoms with Crippen molar-refractivity contribution in [3.05, 3.63) is 107 Å². The summed E-state index contributed by atoms with van der Waals surface area (Å²) < 4.78 is 11.7. The first-order valence-electron chi connectivity index (χ1n) is 12.0. The summed E-state index contributed by atoms with van der Waals surface area (Å²) in [7, 11) is 2.31. The molecule has 39 heavy (non-hydrogen) atoms. The Morgan fingerprint density at radius 1 is 1.00 bits per heavy atom. The highest BCUT2D eigenvalue weighted by molar-refractivity contribution is 5.84. The highest BCUT2D eigenvalue weighted by Crippen LogP contribution is 2.39. The monoisotopic (exact) mass is 538 g/mol. The average molecular weight is 539 g/mol. The molecule has 0 spiro atoms. The predicted molar refractivity (Wildman–Crippen MR) is 137 cm³/mol. The van der Waals surface area contributed by atoms with Crippen LogP contribution in [0.15, 0.2) is 67.3 Å². The van der Waals surface area contributed by atoms with Crippen molar-refractivity contribution in [3.8, 4) is 11.6 Å². The van der Waals surface area contributed by atoms with Crippen molar-refractivity contribution in [2.45, 2.75) is 5.92 Å². The van der Waals surface area contributed by atoms with E-state index in [2.05, 4.69) is 5.32 Å². The number of nitrogens with zero attached hydrogens (tertiary/aromatic N) is 3. The molecule has 0 bridgehead atoms. The first-order chi connectivity index (χ1) is 18.6. The van der Waals surface area contributed by atoms with Gasteiger partial charge in [-0.2, -0.15) is 0 Å². The number of aromatic nitrogens is 2. The van der Waals surface area contributed by atoms with Crippen LogP contribution in [0.2, 0.25) is 0 Å². The molecule has 3 N–H and O–H groups in total. The summed E-state index contributed by atoms with van der Waals surface area (Å²) in [5.74, 6) is -3.11. The van der Waals surface area contributed by atoms with Crippen LogP contribution in [0.25, 0.3) is 11.0 Å². The van der Waals surface area contributed by atoms with Crippen molar-refractivity contribution in [1.82, 2.24) is 9.13 Å². The number of nitrogens with two attached hydrogens (primary N) is 1. The first kappa shape index (κ1) is 27.3. The summed E-state index contributed by atoms with van der Waals surface area (Å²) in [4.78, 5) is 48.9. The minimum atomic E-state index is -1.55. The number of fused-ring (bicyclic) bond motifs is 1. The molecule has 13 heteroatoms. The van der Waals surface area contributed by atoms with Gasteiger partial charge < -0.3 is 29.3 Å². The molecule has 0 radical (unpaired) electrons. The van der Waals surface area contributed by atoms with Crippen LogP contribution in [0.5, 0.6) is 11.6 Å². The lowest BCUT2D eigenvalue weighted by Gasteiger charge is -2.25. The molecule has 1 saturated heterocycles. The van der Waals surface area contributed by atoms with Crippen LogP contribution in [-0.4, -0.2) is 45.5 Å². The molecule has 3 heterocycles. The molecule has 204 valence electrons. The summed E-state index contributed by atoms with van der Waals surface area (Å²) >= 11 is 0. The molecule has 1 aliphatic rings. The Balaban J connectivity index is 0.000000519. The molecule has 1 atom stereocenters. The SMILES string of the molecule is C1COCC[NH2+]1.Cn1c([O-])c(C(c2cccc([N+](=O)[O-])c2)c2c(O)c3ccccc3oc2=O)c(=O)n(C)c1=O. The maximum absolute atomic E-state index is 13.1. The second kappa shape index (κ2) is 11.3. The number of hydrogen-bond acceptors (Lipinski definition) is 9. The van der Waals surface area contributed by atoms with Gasteiger partial charge in [0, 0.05) is 31.8 Å². The van der Waals surface area contributed by atoms with Crippen molar-refractivity contribution in [2.24, 2.45) is 14.1 Å². The fourth-order valence-electron chi connectivity index (χ4n) is 4.38. The molecule has 5 rings (SSSR count). The zero-order valence-corrected chi connectivity index (χ0v) is 21.2. The average Bonchev–Trinajstić information content (AvgIpc) is 2.95. The fraction of sp³-hybridized carbons (Fsp3) is 0.269. The first-order valence-corrected chi connectivity index (χ1v) is 12.0. The number of benzene rings is 2. The molecular weight excluding hydrogens is 512 g/mol. The standard InChI is InChI=1S/C22H17N3O8.C4H9NO/c1-23-19(27)17(20(28)24(2)22(23)30)15(11-6-5-7-12(10-11)25(31)32)16-18(26)13-8-3-4-9-14(13)33-21(16)29;1-3-6-4-2-5-1/h3-10,15,26-27H,1-2H3;5H,1-4H2. The molecule has 0 saturated carbocycles. The Bertz CT molecular complexity index is 1710. The Morgan fingerprint density at radius 2 is 1.69 bits per heavy atom. The third kappa shape index (κ3) is 5.30. The molecule has 2 aromatic carbocycles. The largest absolute Gasteiger partial charge is 0.860 e. The van der Waals surface area contributed by atoms with E-state index < -0.39 is 50.5 Å². The number of hydrogen-bond donors (Lipinski definition) is 2. The number of nitro benzene ring substituents is 1. The third-order valence-corrected chi connectivity index (χ3v) is 6.39. The van der Waals surface area contributed by atoms with E-state index in [1.165, 1.54) is 30.3 Å². The maximum atomic E-state index is 13.1. The van der Waals surface area contributed by atoms with Crippen LogP contribution >= 0.6 is 0 Å². The minimum Gasteiger partial charge on any atom is -0.860 e. The third-order valence-electron chi connectivity index (χ3n) is 6.39. The topological polar surface area (TPSA) is 186 Å². The van der Waals surface area contributed by atoms with Gasteiger partial charge in [0.15, 0.2) is 0 Å². The van der Waals surface area contributed by atoms with Crippen molar-refractivity contribution >= 4 is 16.7 Å². The summed E-state index contributed by atoms with van der Waals surface area (Å²) in [5.41, 5.74) is -4.23. The van der Waals surface area contributed by atoms with Gasteiger partial charge in [0.1, 0.15) is 11.3 Å². The maximum Gasteiger partial charge on any atom is 0.344 e. The zero-order chi connectivity index (χ0) is 28.3. The second-order valence-corrected chi connectivity index (χ2v) is 8.84. The van der Waals surface area contributed by atoms with E-state index in [0.717, 1.165) is 46.5 Å². The lowest BCUT2D eigenvalue weighted by Crippen LogP contribution is -2.87. The van der Waals surface area contributed by atoms with Gasteiger partial charge in [-0.15, -0.1) is 0 Å².